The molecule has 2 aromatic carbocycles. The van der Waals surface area contributed by atoms with E-state index >= 15 is 4.39 Å². The Morgan fingerprint density at radius 1 is 1.18 bits per heavy atom. The summed E-state index contributed by atoms with van der Waals surface area (Å²) in [6.45, 7) is 0.719. The number of sulfonamides is 1. The van der Waals surface area contributed by atoms with Crippen LogP contribution in [0, 0.1) is 24.0 Å². The lowest BCUT2D eigenvalue weighted by molar-refractivity contribution is 0.380. The molecule has 0 bridgehead atoms. The van der Waals surface area contributed by atoms with Crippen molar-refractivity contribution < 1.29 is 27.0 Å². The number of benzene rings is 2. The number of phenols is 1. The molecule has 0 radical (unpaired) electrons. The predicted molar refractivity (Wildman–Crippen MR) is 144 cm³/mol. The van der Waals surface area contributed by atoms with Crippen LogP contribution in [-0.2, 0) is 10.0 Å². The molecule has 2 aromatic heterocycles. The maximum atomic E-state index is 16.2. The monoisotopic (exact) mass is 553 g/mol. The first-order chi connectivity index (χ1) is 18.6. The molecule has 1 N–H and O–H groups in total. The third-order valence-corrected chi connectivity index (χ3v) is 9.28. The Bertz CT molecular complexity index is 1760. The molecule has 0 aliphatic carbocycles. The minimum Gasteiger partial charge on any atom is -0.508 e. The van der Waals surface area contributed by atoms with E-state index in [1.165, 1.54) is 56.0 Å². The van der Waals surface area contributed by atoms with Crippen molar-refractivity contribution in [3.8, 4) is 35.4 Å². The van der Waals surface area contributed by atoms with Crippen LogP contribution in [0.1, 0.15) is 18.4 Å². The Morgan fingerprint density at radius 3 is 2.54 bits per heavy atom. The quantitative estimate of drug-likeness (QED) is 0.373. The van der Waals surface area contributed by atoms with Gasteiger partial charge in [0.05, 0.1) is 23.3 Å². The smallest absolute Gasteiger partial charge is 0.318 e. The first-order valence-corrected chi connectivity index (χ1v) is 13.6. The molecule has 1 fully saturated rings. The number of nitrogens with zero attached hydrogens (tertiary/aromatic N) is 5. The standard InChI is InChI=1S/C27H25F2N5O4S/c1-5-18-21(28)7-6-15-12-16(35)13-19(22(15)18)24-23(29)25-20(14-30-24)26(32-27(31-25)38-4)34-10-8-17(9-11-34)39(36,37)33(2)3/h1,6-7,12-14,17,35H,8-11H2,2-4H3. The van der Waals surface area contributed by atoms with Crippen molar-refractivity contribution in [1.29, 1.82) is 0 Å². The summed E-state index contributed by atoms with van der Waals surface area (Å²) in [7, 11) is 0.948. The lowest BCUT2D eigenvalue weighted by Crippen LogP contribution is -2.43. The number of hydrogen-bond acceptors (Lipinski definition) is 8. The third kappa shape index (κ3) is 4.47. The molecule has 0 atom stereocenters. The zero-order valence-electron chi connectivity index (χ0n) is 21.4. The number of aromatic hydroxyl groups is 1. The second-order valence-electron chi connectivity index (χ2n) is 9.39. The van der Waals surface area contributed by atoms with E-state index in [9.17, 15) is 17.9 Å². The summed E-state index contributed by atoms with van der Waals surface area (Å²) >= 11 is 0. The van der Waals surface area contributed by atoms with Gasteiger partial charge in [0.25, 0.3) is 0 Å². The molecule has 9 nitrogen and oxygen atoms in total. The number of piperidine rings is 1. The molecular formula is C27H25F2N5O4S. The summed E-state index contributed by atoms with van der Waals surface area (Å²) < 4.78 is 62.4. The molecule has 0 spiro atoms. The van der Waals surface area contributed by atoms with E-state index in [-0.39, 0.29) is 39.5 Å². The van der Waals surface area contributed by atoms with E-state index in [4.69, 9.17) is 11.2 Å². The molecule has 4 aromatic rings. The molecule has 1 aliphatic heterocycles. The number of terminal acetylenes is 1. The third-order valence-electron chi connectivity index (χ3n) is 6.95. The van der Waals surface area contributed by atoms with Gasteiger partial charge >= 0.3 is 6.01 Å². The highest BCUT2D eigenvalue weighted by molar-refractivity contribution is 7.89. The predicted octanol–water partition coefficient (Wildman–Crippen LogP) is 3.68. The summed E-state index contributed by atoms with van der Waals surface area (Å²) in [5.74, 6) is 0.991. The average Bonchev–Trinajstić information content (AvgIpc) is 2.92. The maximum Gasteiger partial charge on any atom is 0.318 e. The van der Waals surface area contributed by atoms with Crippen molar-refractivity contribution in [2.24, 2.45) is 0 Å². The van der Waals surface area contributed by atoms with Gasteiger partial charge in [0, 0.05) is 44.3 Å². The molecule has 0 amide bonds. The lowest BCUT2D eigenvalue weighted by Gasteiger charge is -2.34. The highest BCUT2D eigenvalue weighted by Crippen LogP contribution is 2.39. The first-order valence-electron chi connectivity index (χ1n) is 12.1. The van der Waals surface area contributed by atoms with Gasteiger partial charge in [-0.15, -0.1) is 6.42 Å². The Labute approximate surface area is 224 Å². The van der Waals surface area contributed by atoms with Crippen LogP contribution in [0.15, 0.2) is 30.5 Å². The van der Waals surface area contributed by atoms with Crippen molar-refractivity contribution in [3.63, 3.8) is 0 Å². The van der Waals surface area contributed by atoms with Gasteiger partial charge in [0.1, 0.15) is 28.6 Å². The number of phenolic OH excluding ortho intramolecular Hbond substituents is 1. The Kier molecular flexibility index (Phi) is 6.74. The highest BCUT2D eigenvalue weighted by atomic mass is 32.2. The topological polar surface area (TPSA) is 109 Å². The van der Waals surface area contributed by atoms with E-state index in [2.05, 4.69) is 20.9 Å². The number of rotatable bonds is 5. The largest absolute Gasteiger partial charge is 0.508 e. The van der Waals surface area contributed by atoms with Gasteiger partial charge in [0.2, 0.25) is 10.0 Å². The molecule has 0 unspecified atom stereocenters. The zero-order chi connectivity index (χ0) is 28.1. The SMILES string of the molecule is C#Cc1c(F)ccc2cc(O)cc(-c3ncc4c(N5CCC(S(=O)(=O)N(C)C)CC5)nc(OC)nc4c3F)c12. The molecule has 0 saturated carbocycles. The van der Waals surface area contributed by atoms with Crippen LogP contribution in [0.2, 0.25) is 0 Å². The molecule has 5 rings (SSSR count). The average molecular weight is 554 g/mol. The van der Waals surface area contributed by atoms with Gasteiger partial charge in [0.15, 0.2) is 5.82 Å². The fraction of sp³-hybridized carbons (Fsp3) is 0.296. The van der Waals surface area contributed by atoms with Crippen LogP contribution in [-0.4, -0.2) is 72.3 Å². The van der Waals surface area contributed by atoms with Crippen molar-refractivity contribution in [1.82, 2.24) is 19.3 Å². The van der Waals surface area contributed by atoms with Gasteiger partial charge < -0.3 is 14.7 Å². The van der Waals surface area contributed by atoms with E-state index in [1.54, 1.807) is 0 Å². The number of pyridine rings is 1. The first kappa shape index (κ1) is 26.5. The van der Waals surface area contributed by atoms with Crippen molar-refractivity contribution in [2.45, 2.75) is 18.1 Å². The number of anilines is 1. The summed E-state index contributed by atoms with van der Waals surface area (Å²) in [6.07, 6.45) is 7.69. The fourth-order valence-electron chi connectivity index (χ4n) is 4.96. The van der Waals surface area contributed by atoms with Crippen LogP contribution in [0.25, 0.3) is 32.9 Å². The normalized spacial score (nSPS) is 14.7. The number of hydrogen-bond donors (Lipinski definition) is 1. The number of halogens is 2. The molecule has 3 heterocycles. The van der Waals surface area contributed by atoms with Crippen LogP contribution in [0.4, 0.5) is 14.6 Å². The van der Waals surface area contributed by atoms with E-state index in [1.807, 2.05) is 4.90 Å². The summed E-state index contributed by atoms with van der Waals surface area (Å²) in [4.78, 5) is 14.8. The van der Waals surface area contributed by atoms with Gasteiger partial charge in [-0.2, -0.15) is 9.97 Å². The summed E-state index contributed by atoms with van der Waals surface area (Å²) in [5.41, 5.74) is -0.265. The molecule has 1 saturated heterocycles. The van der Waals surface area contributed by atoms with E-state index in [0.717, 1.165) is 0 Å². The van der Waals surface area contributed by atoms with Crippen molar-refractivity contribution >= 4 is 37.5 Å². The molecule has 202 valence electrons. The van der Waals surface area contributed by atoms with Crippen LogP contribution < -0.4 is 9.64 Å². The number of methoxy groups -OCH3 is 1. The highest BCUT2D eigenvalue weighted by Gasteiger charge is 2.33. The number of fused-ring (bicyclic) bond motifs is 2. The van der Waals surface area contributed by atoms with Crippen LogP contribution >= 0.6 is 0 Å². The van der Waals surface area contributed by atoms with Crippen LogP contribution in [0.5, 0.6) is 11.8 Å². The van der Waals surface area contributed by atoms with Crippen LogP contribution in [0.3, 0.4) is 0 Å². The van der Waals surface area contributed by atoms with Crippen molar-refractivity contribution in [2.75, 3.05) is 39.2 Å². The summed E-state index contributed by atoms with van der Waals surface area (Å²) in [5, 5.41) is 10.7. The zero-order valence-corrected chi connectivity index (χ0v) is 22.3. The number of aromatic nitrogens is 3. The molecule has 12 heteroatoms. The molecular weight excluding hydrogens is 528 g/mol. The van der Waals surface area contributed by atoms with Gasteiger partial charge in [-0.25, -0.2) is 21.5 Å². The Balaban J connectivity index is 1.65. The Hall–Kier alpha value is -4.08. The van der Waals surface area contributed by atoms with Gasteiger partial charge in [-0.05, 0) is 36.4 Å². The lowest BCUT2D eigenvalue weighted by atomic mass is 9.96. The summed E-state index contributed by atoms with van der Waals surface area (Å²) in [6, 6.07) is 5.21. The molecule has 39 heavy (non-hydrogen) atoms. The number of ether oxygens (including phenoxy) is 1. The second-order valence-corrected chi connectivity index (χ2v) is 11.8. The minimum atomic E-state index is -3.42. The Morgan fingerprint density at radius 2 is 1.90 bits per heavy atom. The van der Waals surface area contributed by atoms with Gasteiger partial charge in [-0.3, -0.25) is 4.98 Å². The van der Waals surface area contributed by atoms with Gasteiger partial charge in [-0.1, -0.05) is 12.0 Å². The fourth-order valence-corrected chi connectivity index (χ4v) is 6.36. The van der Waals surface area contributed by atoms with E-state index in [0.29, 0.717) is 42.5 Å². The molecule has 1 aliphatic rings. The second kappa shape index (κ2) is 9.91. The maximum absolute atomic E-state index is 16.2. The minimum absolute atomic E-state index is 0.0831. The van der Waals surface area contributed by atoms with Crippen molar-refractivity contribution in [3.05, 3.63) is 47.7 Å². The van der Waals surface area contributed by atoms with E-state index < -0.39 is 26.9 Å².